The van der Waals surface area contributed by atoms with Gasteiger partial charge in [-0.15, -0.1) is 0 Å². The molecule has 1 N–H and O–H groups in total. The molecule has 0 aromatic heterocycles. The Bertz CT molecular complexity index is 596. The number of carbonyl (C=O) groups excluding carboxylic acids is 1. The highest BCUT2D eigenvalue weighted by atomic mass is 16.5. The molecule has 1 amide bonds. The lowest BCUT2D eigenvalue weighted by molar-refractivity contribution is -0.135. The normalized spacial score (nSPS) is 22.1. The number of likely N-dealkylation sites (tertiary alicyclic amines) is 2. The summed E-state index contributed by atoms with van der Waals surface area (Å²) in [6.07, 6.45) is 8.27. The second-order valence-electron chi connectivity index (χ2n) is 8.34. The monoisotopic (exact) mass is 387 g/mol. The zero-order chi connectivity index (χ0) is 19.8. The van der Waals surface area contributed by atoms with Gasteiger partial charge in [-0.3, -0.25) is 9.69 Å². The summed E-state index contributed by atoms with van der Waals surface area (Å²) in [5, 5.41) is 3.25. The van der Waals surface area contributed by atoms with Gasteiger partial charge in [0.2, 0.25) is 5.91 Å². The summed E-state index contributed by atoms with van der Waals surface area (Å²) >= 11 is 0. The van der Waals surface area contributed by atoms with E-state index in [0.29, 0.717) is 12.5 Å². The minimum Gasteiger partial charge on any atom is -0.497 e. The third kappa shape index (κ3) is 5.71. The molecule has 2 aliphatic heterocycles. The number of carbonyl (C=O) groups is 1. The molecule has 2 fully saturated rings. The van der Waals surface area contributed by atoms with Crippen molar-refractivity contribution in [1.29, 1.82) is 0 Å². The van der Waals surface area contributed by atoms with E-state index in [4.69, 9.17) is 4.74 Å². The number of ether oxygens (including phenoxy) is 1. The minimum atomic E-state index is 0.203. The van der Waals surface area contributed by atoms with Crippen LogP contribution in [0, 0.1) is 5.92 Å². The van der Waals surface area contributed by atoms with Crippen LogP contribution in [0.25, 0.3) is 0 Å². The third-order valence-corrected chi connectivity index (χ3v) is 6.44. The van der Waals surface area contributed by atoms with Gasteiger partial charge in [-0.2, -0.15) is 0 Å². The maximum absolute atomic E-state index is 13.2. The molecule has 0 aliphatic carbocycles. The van der Waals surface area contributed by atoms with Gasteiger partial charge < -0.3 is 15.0 Å². The van der Waals surface area contributed by atoms with Crippen molar-refractivity contribution >= 4 is 5.91 Å². The fourth-order valence-electron chi connectivity index (χ4n) is 4.64. The van der Waals surface area contributed by atoms with Crippen molar-refractivity contribution in [3.63, 3.8) is 0 Å². The Balaban J connectivity index is 1.59. The van der Waals surface area contributed by atoms with Gasteiger partial charge in [0.25, 0.3) is 0 Å². The van der Waals surface area contributed by atoms with Crippen LogP contribution in [0.2, 0.25) is 0 Å². The molecule has 156 valence electrons. The average molecular weight is 388 g/mol. The molecule has 1 unspecified atom stereocenters. The number of nitrogens with one attached hydrogen (secondary N) is 1. The van der Waals surface area contributed by atoms with Crippen LogP contribution in [-0.4, -0.2) is 62.6 Å². The number of rotatable bonds is 7. The number of hydrogen-bond acceptors (Lipinski definition) is 4. The number of methoxy groups -OCH3 is 1. The van der Waals surface area contributed by atoms with Crippen LogP contribution in [0.1, 0.15) is 56.6 Å². The Morgan fingerprint density at radius 2 is 1.82 bits per heavy atom. The summed E-state index contributed by atoms with van der Waals surface area (Å²) in [7, 11) is 3.71. The summed E-state index contributed by atoms with van der Waals surface area (Å²) in [5.74, 6) is 1.98. The minimum absolute atomic E-state index is 0.203. The quantitative estimate of drug-likeness (QED) is 0.778. The largest absolute Gasteiger partial charge is 0.497 e. The van der Waals surface area contributed by atoms with Gasteiger partial charge in [0.05, 0.1) is 19.7 Å². The molecule has 5 nitrogen and oxygen atoms in total. The first-order valence-electron chi connectivity index (χ1n) is 11.0. The summed E-state index contributed by atoms with van der Waals surface area (Å²) < 4.78 is 5.30. The SMILES string of the molecule is CNCCC1CCN(CC(=O)N2CCCCCC2c2ccc(OC)cc2)CC1. The molecule has 0 saturated carbocycles. The molecule has 2 heterocycles. The van der Waals surface area contributed by atoms with E-state index in [1.165, 1.54) is 37.7 Å². The molecule has 3 rings (SSSR count). The molecular weight excluding hydrogens is 350 g/mol. The smallest absolute Gasteiger partial charge is 0.237 e. The van der Waals surface area contributed by atoms with Gasteiger partial charge in [-0.25, -0.2) is 0 Å². The highest BCUT2D eigenvalue weighted by Crippen LogP contribution is 2.31. The Kier molecular flexibility index (Phi) is 8.16. The highest BCUT2D eigenvalue weighted by Gasteiger charge is 2.29. The maximum atomic E-state index is 13.2. The van der Waals surface area contributed by atoms with Crippen LogP contribution < -0.4 is 10.1 Å². The third-order valence-electron chi connectivity index (χ3n) is 6.44. The summed E-state index contributed by atoms with van der Waals surface area (Å²) in [5.41, 5.74) is 1.24. The molecule has 1 atom stereocenters. The first kappa shape index (κ1) is 21.1. The molecule has 5 heteroatoms. The number of nitrogens with zero attached hydrogens (tertiary/aromatic N) is 2. The zero-order valence-electron chi connectivity index (χ0n) is 17.7. The van der Waals surface area contributed by atoms with Gasteiger partial charge in [0.15, 0.2) is 0 Å². The Morgan fingerprint density at radius 3 is 2.50 bits per heavy atom. The standard InChI is InChI=1S/C23H37N3O2/c1-24-14-11-19-12-16-25(17-13-19)18-23(27)26-15-5-3-4-6-22(26)20-7-9-21(28-2)10-8-20/h7-10,19,22,24H,3-6,11-18H2,1-2H3. The lowest BCUT2D eigenvalue weighted by Crippen LogP contribution is -2.44. The number of piperidine rings is 1. The zero-order valence-corrected chi connectivity index (χ0v) is 17.7. The predicted molar refractivity (Wildman–Crippen MR) is 114 cm³/mol. The van der Waals surface area contributed by atoms with Crippen molar-refractivity contribution in [1.82, 2.24) is 15.1 Å². The molecular formula is C23H37N3O2. The molecule has 2 aliphatic rings. The topological polar surface area (TPSA) is 44.8 Å². The molecule has 1 aromatic carbocycles. The molecule has 1 aromatic rings. The van der Waals surface area contributed by atoms with Crippen molar-refractivity contribution in [2.24, 2.45) is 5.92 Å². The maximum Gasteiger partial charge on any atom is 0.237 e. The van der Waals surface area contributed by atoms with E-state index in [2.05, 4.69) is 27.2 Å². The van der Waals surface area contributed by atoms with Gasteiger partial charge >= 0.3 is 0 Å². The Labute approximate surface area is 170 Å². The van der Waals surface area contributed by atoms with Crippen LogP contribution in [-0.2, 0) is 4.79 Å². The van der Waals surface area contributed by atoms with Crippen LogP contribution in [0.5, 0.6) is 5.75 Å². The first-order valence-corrected chi connectivity index (χ1v) is 11.0. The van der Waals surface area contributed by atoms with Gasteiger partial charge in [0.1, 0.15) is 5.75 Å². The van der Waals surface area contributed by atoms with E-state index < -0.39 is 0 Å². The van der Waals surface area contributed by atoms with E-state index in [1.807, 2.05) is 19.2 Å². The van der Waals surface area contributed by atoms with Crippen LogP contribution in [0.4, 0.5) is 0 Å². The highest BCUT2D eigenvalue weighted by molar-refractivity contribution is 5.79. The van der Waals surface area contributed by atoms with E-state index in [1.54, 1.807) is 7.11 Å². The van der Waals surface area contributed by atoms with E-state index in [0.717, 1.165) is 50.7 Å². The number of hydrogen-bond donors (Lipinski definition) is 1. The molecule has 0 bridgehead atoms. The molecule has 0 radical (unpaired) electrons. The summed E-state index contributed by atoms with van der Waals surface area (Å²) in [4.78, 5) is 17.8. The van der Waals surface area contributed by atoms with Gasteiger partial charge in [0, 0.05) is 6.54 Å². The fourth-order valence-corrected chi connectivity index (χ4v) is 4.64. The van der Waals surface area contributed by atoms with Crippen molar-refractivity contribution in [3.05, 3.63) is 29.8 Å². The second kappa shape index (κ2) is 10.8. The van der Waals surface area contributed by atoms with Crippen molar-refractivity contribution in [3.8, 4) is 5.75 Å². The van der Waals surface area contributed by atoms with E-state index in [9.17, 15) is 4.79 Å². The predicted octanol–water partition coefficient (Wildman–Crippen LogP) is 3.46. The Hall–Kier alpha value is -1.59. The van der Waals surface area contributed by atoms with Crippen LogP contribution in [0.15, 0.2) is 24.3 Å². The lowest BCUT2D eigenvalue weighted by atomic mass is 9.93. The van der Waals surface area contributed by atoms with Gasteiger partial charge in [-0.1, -0.05) is 25.0 Å². The molecule has 0 spiro atoms. The van der Waals surface area contributed by atoms with Gasteiger partial charge in [-0.05, 0) is 82.4 Å². The summed E-state index contributed by atoms with van der Waals surface area (Å²) in [6.45, 7) is 4.67. The second-order valence-corrected chi connectivity index (χ2v) is 8.34. The van der Waals surface area contributed by atoms with E-state index in [-0.39, 0.29) is 6.04 Å². The molecule has 28 heavy (non-hydrogen) atoms. The molecule has 2 saturated heterocycles. The van der Waals surface area contributed by atoms with Crippen molar-refractivity contribution < 1.29 is 9.53 Å². The fraction of sp³-hybridized carbons (Fsp3) is 0.696. The lowest BCUT2D eigenvalue weighted by Gasteiger charge is -2.35. The van der Waals surface area contributed by atoms with Crippen molar-refractivity contribution in [2.75, 3.05) is 46.9 Å². The first-order chi connectivity index (χ1) is 13.7. The number of benzene rings is 1. The van der Waals surface area contributed by atoms with Crippen LogP contribution >= 0.6 is 0 Å². The number of amides is 1. The average Bonchev–Trinajstić information content (AvgIpc) is 2.99. The Morgan fingerprint density at radius 1 is 1.07 bits per heavy atom. The van der Waals surface area contributed by atoms with E-state index >= 15 is 0 Å². The van der Waals surface area contributed by atoms with Crippen molar-refractivity contribution in [2.45, 2.75) is 51.0 Å². The summed E-state index contributed by atoms with van der Waals surface area (Å²) in [6, 6.07) is 8.48. The van der Waals surface area contributed by atoms with Crippen LogP contribution in [0.3, 0.4) is 0 Å².